The molecule has 0 radical (unpaired) electrons. The molecule has 92 valence electrons. The number of nitrogens with zero attached hydrogens (tertiary/aromatic N) is 1. The topological polar surface area (TPSA) is 53.9 Å². The quantitative estimate of drug-likeness (QED) is 0.738. The van der Waals surface area contributed by atoms with Gasteiger partial charge >= 0.3 is 0 Å². The van der Waals surface area contributed by atoms with E-state index in [1.54, 1.807) is 12.5 Å². The van der Waals surface area contributed by atoms with Gasteiger partial charge in [-0.05, 0) is 36.8 Å². The van der Waals surface area contributed by atoms with Gasteiger partial charge in [0.2, 0.25) is 0 Å². The van der Waals surface area contributed by atoms with Gasteiger partial charge < -0.3 is 14.7 Å². The van der Waals surface area contributed by atoms with Gasteiger partial charge in [-0.3, -0.25) is 0 Å². The first-order valence-corrected chi connectivity index (χ1v) is 6.02. The van der Waals surface area contributed by atoms with Crippen molar-refractivity contribution < 1.29 is 4.42 Å². The average molecular weight is 241 g/mol. The predicted molar refractivity (Wildman–Crippen MR) is 70.1 cm³/mol. The molecule has 1 atom stereocenters. The second-order valence-electron chi connectivity index (χ2n) is 4.33. The van der Waals surface area contributed by atoms with Crippen molar-refractivity contribution in [3.63, 3.8) is 0 Å². The molecule has 3 rings (SSSR count). The Kier molecular flexibility index (Phi) is 2.86. The summed E-state index contributed by atoms with van der Waals surface area (Å²) in [6.45, 7) is 2.87. The van der Waals surface area contributed by atoms with Crippen LogP contribution in [-0.2, 0) is 6.54 Å². The van der Waals surface area contributed by atoms with Gasteiger partial charge in [0.15, 0.2) is 0 Å². The van der Waals surface area contributed by atoms with Crippen molar-refractivity contribution in [2.24, 2.45) is 0 Å². The maximum absolute atomic E-state index is 5.37. The minimum atomic E-state index is 0.196. The average Bonchev–Trinajstić information content (AvgIpc) is 3.06. The van der Waals surface area contributed by atoms with Crippen LogP contribution in [0, 0.1) is 0 Å². The van der Waals surface area contributed by atoms with Crippen molar-refractivity contribution >= 4 is 11.0 Å². The van der Waals surface area contributed by atoms with Crippen LogP contribution < -0.4 is 5.32 Å². The Morgan fingerprint density at radius 3 is 3.17 bits per heavy atom. The van der Waals surface area contributed by atoms with E-state index in [0.717, 1.165) is 23.3 Å². The van der Waals surface area contributed by atoms with E-state index in [9.17, 15) is 0 Å². The highest BCUT2D eigenvalue weighted by Crippen LogP contribution is 2.17. The smallest absolute Gasteiger partial charge is 0.137 e. The summed E-state index contributed by atoms with van der Waals surface area (Å²) >= 11 is 0. The minimum absolute atomic E-state index is 0.196. The normalized spacial score (nSPS) is 12.9. The van der Waals surface area contributed by atoms with E-state index >= 15 is 0 Å². The Morgan fingerprint density at radius 2 is 2.33 bits per heavy atom. The monoisotopic (exact) mass is 241 g/mol. The zero-order valence-corrected chi connectivity index (χ0v) is 10.2. The van der Waals surface area contributed by atoms with Crippen LogP contribution in [0.4, 0.5) is 0 Å². The molecular weight excluding hydrogens is 226 g/mol. The van der Waals surface area contributed by atoms with Gasteiger partial charge in [0.05, 0.1) is 12.3 Å². The summed E-state index contributed by atoms with van der Waals surface area (Å²) in [6, 6.07) is 8.11. The lowest BCUT2D eigenvalue weighted by molar-refractivity contribution is 0.430. The summed E-state index contributed by atoms with van der Waals surface area (Å²) in [6.07, 6.45) is 5.49. The molecule has 0 bridgehead atoms. The number of pyridine rings is 1. The fourth-order valence-corrected chi connectivity index (χ4v) is 2.06. The molecule has 3 aromatic heterocycles. The zero-order valence-electron chi connectivity index (χ0n) is 10.2. The van der Waals surface area contributed by atoms with Crippen molar-refractivity contribution in [3.8, 4) is 0 Å². The van der Waals surface area contributed by atoms with Crippen LogP contribution in [0.25, 0.3) is 11.0 Å². The predicted octanol–water partition coefficient (Wildman–Crippen LogP) is 3.01. The highest BCUT2D eigenvalue weighted by atomic mass is 16.3. The second-order valence-corrected chi connectivity index (χ2v) is 4.33. The van der Waals surface area contributed by atoms with E-state index < -0.39 is 0 Å². The number of furan rings is 1. The van der Waals surface area contributed by atoms with E-state index in [4.69, 9.17) is 4.42 Å². The lowest BCUT2D eigenvalue weighted by atomic mass is 10.2. The van der Waals surface area contributed by atoms with Crippen molar-refractivity contribution in [3.05, 3.63) is 54.2 Å². The van der Waals surface area contributed by atoms with Gasteiger partial charge in [-0.2, -0.15) is 0 Å². The van der Waals surface area contributed by atoms with Gasteiger partial charge in [0.25, 0.3) is 0 Å². The Hall–Kier alpha value is -2.07. The Labute approximate surface area is 105 Å². The summed E-state index contributed by atoms with van der Waals surface area (Å²) in [7, 11) is 0. The number of hydrogen-bond donors (Lipinski definition) is 2. The molecule has 4 nitrogen and oxygen atoms in total. The molecule has 18 heavy (non-hydrogen) atoms. The Morgan fingerprint density at radius 1 is 1.39 bits per heavy atom. The molecule has 0 unspecified atom stereocenters. The maximum Gasteiger partial charge on any atom is 0.137 e. The van der Waals surface area contributed by atoms with Crippen LogP contribution in [-0.4, -0.2) is 9.97 Å². The summed E-state index contributed by atoms with van der Waals surface area (Å²) in [4.78, 5) is 7.45. The number of aromatic nitrogens is 2. The highest BCUT2D eigenvalue weighted by molar-refractivity contribution is 5.79. The first-order valence-electron chi connectivity index (χ1n) is 6.02. The number of fused-ring (bicyclic) bond motifs is 1. The van der Waals surface area contributed by atoms with Gasteiger partial charge in [0, 0.05) is 24.3 Å². The zero-order chi connectivity index (χ0) is 12.4. The van der Waals surface area contributed by atoms with Crippen LogP contribution in [0.2, 0.25) is 0 Å². The molecule has 0 saturated heterocycles. The number of rotatable bonds is 4. The summed E-state index contributed by atoms with van der Waals surface area (Å²) < 4.78 is 5.37. The van der Waals surface area contributed by atoms with Crippen molar-refractivity contribution in [2.45, 2.75) is 19.5 Å². The van der Waals surface area contributed by atoms with Crippen molar-refractivity contribution in [1.82, 2.24) is 15.3 Å². The van der Waals surface area contributed by atoms with Crippen LogP contribution >= 0.6 is 0 Å². The summed E-state index contributed by atoms with van der Waals surface area (Å²) in [5.41, 5.74) is 2.15. The molecule has 0 aromatic carbocycles. The summed E-state index contributed by atoms with van der Waals surface area (Å²) in [5.74, 6) is 0.952. The fourth-order valence-electron chi connectivity index (χ4n) is 2.06. The molecule has 3 heterocycles. The van der Waals surface area contributed by atoms with Crippen LogP contribution in [0.15, 0.2) is 47.3 Å². The third kappa shape index (κ3) is 2.02. The third-order valence-corrected chi connectivity index (χ3v) is 3.11. The molecule has 4 heteroatoms. The molecule has 3 aromatic rings. The number of H-pyrrole nitrogens is 1. The molecule has 0 amide bonds. The van der Waals surface area contributed by atoms with Crippen molar-refractivity contribution in [1.29, 1.82) is 0 Å². The van der Waals surface area contributed by atoms with Crippen molar-refractivity contribution in [2.75, 3.05) is 0 Å². The second kappa shape index (κ2) is 4.66. The van der Waals surface area contributed by atoms with Gasteiger partial charge in [-0.25, -0.2) is 4.98 Å². The van der Waals surface area contributed by atoms with Crippen LogP contribution in [0.1, 0.15) is 24.3 Å². The molecule has 0 aliphatic rings. The number of nitrogens with one attached hydrogen (secondary N) is 2. The standard InChI is InChI=1S/C14H15N3O/c1-10(13-5-3-7-18-13)16-8-11-9-17-14-12(11)4-2-6-15-14/h2-7,9-10,16H,8H2,1H3,(H,15,17)/t10-/m1/s1. The lowest BCUT2D eigenvalue weighted by Gasteiger charge is -2.10. The van der Waals surface area contributed by atoms with Gasteiger partial charge in [-0.1, -0.05) is 0 Å². The fraction of sp³-hybridized carbons (Fsp3) is 0.214. The van der Waals surface area contributed by atoms with Crippen LogP contribution in [0.3, 0.4) is 0 Å². The molecular formula is C14H15N3O. The SMILES string of the molecule is C[C@@H](NCc1c[nH]c2ncccc12)c1ccco1. The van der Waals surface area contributed by atoms with Gasteiger partial charge in [-0.15, -0.1) is 0 Å². The number of hydrogen-bond acceptors (Lipinski definition) is 3. The molecule has 2 N–H and O–H groups in total. The van der Waals surface area contributed by atoms with Crippen LogP contribution in [0.5, 0.6) is 0 Å². The number of aromatic amines is 1. The van der Waals surface area contributed by atoms with E-state index in [2.05, 4.69) is 28.3 Å². The van der Waals surface area contributed by atoms with Gasteiger partial charge in [0.1, 0.15) is 11.4 Å². The largest absolute Gasteiger partial charge is 0.468 e. The first kappa shape index (κ1) is 11.0. The minimum Gasteiger partial charge on any atom is -0.468 e. The lowest BCUT2D eigenvalue weighted by Crippen LogP contribution is -2.17. The van der Waals surface area contributed by atoms with E-state index in [1.165, 1.54) is 5.56 Å². The van der Waals surface area contributed by atoms with E-state index in [1.807, 2.05) is 24.4 Å². The molecule has 0 spiro atoms. The van der Waals surface area contributed by atoms with E-state index in [-0.39, 0.29) is 6.04 Å². The first-order chi connectivity index (χ1) is 8.84. The Bertz CT molecular complexity index is 627. The summed E-state index contributed by atoms with van der Waals surface area (Å²) in [5, 5.41) is 4.60. The molecule has 0 saturated carbocycles. The highest BCUT2D eigenvalue weighted by Gasteiger charge is 2.09. The van der Waals surface area contributed by atoms with E-state index in [0.29, 0.717) is 0 Å². The third-order valence-electron chi connectivity index (χ3n) is 3.11. The molecule has 0 aliphatic heterocycles. The maximum atomic E-state index is 5.37. The molecule has 0 fully saturated rings. The Balaban J connectivity index is 1.73. The molecule has 0 aliphatic carbocycles.